The van der Waals surface area contributed by atoms with Gasteiger partial charge in [0.2, 0.25) is 0 Å². The van der Waals surface area contributed by atoms with Crippen LogP contribution in [0, 0.1) is 0 Å². The number of rotatable bonds is 8. The number of ether oxygens (including phenoxy) is 3. The third kappa shape index (κ3) is 4.52. The zero-order chi connectivity index (χ0) is 19.2. The molecule has 1 N–H and O–H groups in total. The van der Waals surface area contributed by atoms with Crippen LogP contribution >= 0.6 is 11.3 Å². The highest BCUT2D eigenvalue weighted by atomic mass is 32.1. The average molecular weight is 400 g/mol. The van der Waals surface area contributed by atoms with Crippen LogP contribution in [0.2, 0.25) is 0 Å². The number of hydrogen-bond donors (Lipinski definition) is 1. The van der Waals surface area contributed by atoms with Gasteiger partial charge in [-0.15, -0.1) is 11.3 Å². The van der Waals surface area contributed by atoms with Crippen molar-refractivity contribution in [3.05, 3.63) is 53.4 Å². The van der Waals surface area contributed by atoms with E-state index in [-0.39, 0.29) is 5.91 Å². The second kappa shape index (κ2) is 8.90. The summed E-state index contributed by atoms with van der Waals surface area (Å²) in [7, 11) is 0. The maximum atomic E-state index is 12.3. The predicted octanol–water partition coefficient (Wildman–Crippen LogP) is 3.51. The van der Waals surface area contributed by atoms with Gasteiger partial charge < -0.3 is 23.9 Å². The number of thiazole rings is 1. The first-order chi connectivity index (χ1) is 13.8. The molecule has 2 aromatic heterocycles. The quantitative estimate of drug-likeness (QED) is 0.583. The van der Waals surface area contributed by atoms with Gasteiger partial charge in [0.25, 0.3) is 5.91 Å². The van der Waals surface area contributed by atoms with E-state index in [0.717, 1.165) is 22.1 Å². The van der Waals surface area contributed by atoms with Crippen molar-refractivity contribution in [3.8, 4) is 22.1 Å². The highest BCUT2D eigenvalue weighted by molar-refractivity contribution is 7.13. The van der Waals surface area contributed by atoms with Crippen molar-refractivity contribution in [1.82, 2.24) is 10.3 Å². The molecule has 0 saturated carbocycles. The molecule has 3 aromatic rings. The molecule has 7 nitrogen and oxygen atoms in total. The fraction of sp³-hybridized carbons (Fsp3) is 0.300. The Kier molecular flexibility index (Phi) is 5.89. The minimum absolute atomic E-state index is 0.189. The molecule has 4 rings (SSSR count). The van der Waals surface area contributed by atoms with Gasteiger partial charge in [-0.25, -0.2) is 4.98 Å². The molecule has 1 amide bonds. The average Bonchev–Trinajstić information content (AvgIpc) is 3.42. The lowest BCUT2D eigenvalue weighted by molar-refractivity contribution is 0.0913. The van der Waals surface area contributed by atoms with Gasteiger partial charge in [-0.2, -0.15) is 0 Å². The van der Waals surface area contributed by atoms with Crippen molar-refractivity contribution in [2.45, 2.75) is 13.0 Å². The van der Waals surface area contributed by atoms with Crippen molar-refractivity contribution in [2.24, 2.45) is 0 Å². The Morgan fingerprint density at radius 1 is 1.21 bits per heavy atom. The largest absolute Gasteiger partial charge is 0.486 e. The molecule has 0 radical (unpaired) electrons. The fourth-order valence-corrected chi connectivity index (χ4v) is 3.52. The van der Waals surface area contributed by atoms with Crippen LogP contribution in [-0.2, 0) is 11.3 Å². The van der Waals surface area contributed by atoms with Crippen molar-refractivity contribution in [2.75, 3.05) is 26.4 Å². The number of nitrogens with one attached hydrogen (secondary N) is 1. The molecule has 0 spiro atoms. The predicted molar refractivity (Wildman–Crippen MR) is 104 cm³/mol. The van der Waals surface area contributed by atoms with Gasteiger partial charge in [0.15, 0.2) is 11.5 Å². The van der Waals surface area contributed by atoms with Gasteiger partial charge in [-0.1, -0.05) is 0 Å². The molecule has 1 aliphatic heterocycles. The third-order valence-corrected chi connectivity index (χ3v) is 4.99. The van der Waals surface area contributed by atoms with E-state index in [0.29, 0.717) is 50.8 Å². The van der Waals surface area contributed by atoms with E-state index >= 15 is 0 Å². The van der Waals surface area contributed by atoms with E-state index in [1.165, 1.54) is 11.3 Å². The number of amides is 1. The second-order valence-corrected chi connectivity index (χ2v) is 7.00. The van der Waals surface area contributed by atoms with Crippen LogP contribution in [0.15, 0.2) is 46.4 Å². The molecule has 0 saturated heterocycles. The number of nitrogens with zero attached hydrogens (tertiary/aromatic N) is 1. The topological polar surface area (TPSA) is 82.8 Å². The molecule has 0 fully saturated rings. The molecule has 0 bridgehead atoms. The molecule has 28 heavy (non-hydrogen) atoms. The fourth-order valence-electron chi connectivity index (χ4n) is 2.72. The molecule has 0 atom stereocenters. The van der Waals surface area contributed by atoms with Gasteiger partial charge in [0.1, 0.15) is 36.3 Å². The third-order valence-electron chi connectivity index (χ3n) is 4.10. The van der Waals surface area contributed by atoms with E-state index in [4.69, 9.17) is 18.6 Å². The summed E-state index contributed by atoms with van der Waals surface area (Å²) in [5.41, 5.74) is 1.31. The minimum Gasteiger partial charge on any atom is -0.486 e. The summed E-state index contributed by atoms with van der Waals surface area (Å²) in [6.07, 6.45) is 2.33. The van der Waals surface area contributed by atoms with E-state index in [9.17, 15) is 4.79 Å². The molecule has 1 aliphatic rings. The van der Waals surface area contributed by atoms with Crippen molar-refractivity contribution in [1.29, 1.82) is 0 Å². The van der Waals surface area contributed by atoms with Crippen LogP contribution < -0.4 is 14.8 Å². The number of aromatic nitrogens is 1. The van der Waals surface area contributed by atoms with Crippen LogP contribution in [0.25, 0.3) is 10.6 Å². The summed E-state index contributed by atoms with van der Waals surface area (Å²) >= 11 is 1.42. The molecule has 3 heterocycles. The summed E-state index contributed by atoms with van der Waals surface area (Å²) in [5.74, 6) is 2.04. The number of fused-ring (bicyclic) bond motifs is 1. The van der Waals surface area contributed by atoms with Gasteiger partial charge >= 0.3 is 0 Å². The Morgan fingerprint density at radius 2 is 2.11 bits per heavy atom. The van der Waals surface area contributed by atoms with Gasteiger partial charge in [0.05, 0.1) is 6.26 Å². The number of benzene rings is 1. The van der Waals surface area contributed by atoms with Crippen molar-refractivity contribution < 1.29 is 23.4 Å². The molecule has 0 aliphatic carbocycles. The highest BCUT2D eigenvalue weighted by Crippen LogP contribution is 2.35. The Balaban J connectivity index is 1.25. The second-order valence-electron chi connectivity index (χ2n) is 6.14. The van der Waals surface area contributed by atoms with Crippen LogP contribution in [0.1, 0.15) is 22.7 Å². The molecule has 8 heteroatoms. The first-order valence-corrected chi connectivity index (χ1v) is 9.91. The molecule has 0 unspecified atom stereocenters. The SMILES string of the molecule is O=C(NCCCOCc1ccco1)c1csc(-c2ccc3c(c2)OCCO3)n1. The van der Waals surface area contributed by atoms with Gasteiger partial charge in [-0.05, 0) is 36.8 Å². The summed E-state index contributed by atoms with van der Waals surface area (Å²) in [6.45, 7) is 2.59. The number of carbonyl (C=O) groups is 1. The van der Waals surface area contributed by atoms with E-state index in [1.54, 1.807) is 11.6 Å². The lowest BCUT2D eigenvalue weighted by atomic mass is 10.2. The monoisotopic (exact) mass is 400 g/mol. The number of furan rings is 1. The molecular weight excluding hydrogens is 380 g/mol. The van der Waals surface area contributed by atoms with Crippen LogP contribution in [0.3, 0.4) is 0 Å². The van der Waals surface area contributed by atoms with Crippen molar-refractivity contribution >= 4 is 17.2 Å². The van der Waals surface area contributed by atoms with E-state index < -0.39 is 0 Å². The van der Waals surface area contributed by atoms with Crippen LogP contribution in [0.4, 0.5) is 0 Å². The Labute approximate surface area is 166 Å². The smallest absolute Gasteiger partial charge is 0.270 e. The minimum atomic E-state index is -0.189. The molecular formula is C20H20N2O5S. The van der Waals surface area contributed by atoms with Crippen molar-refractivity contribution in [3.63, 3.8) is 0 Å². The maximum Gasteiger partial charge on any atom is 0.270 e. The lowest BCUT2D eigenvalue weighted by Gasteiger charge is -2.18. The summed E-state index contributed by atoms with van der Waals surface area (Å²) < 4.78 is 21.8. The number of hydrogen-bond acceptors (Lipinski definition) is 7. The summed E-state index contributed by atoms with van der Waals surface area (Å²) in [5, 5.41) is 5.39. The van der Waals surface area contributed by atoms with Gasteiger partial charge in [0, 0.05) is 24.1 Å². The highest BCUT2D eigenvalue weighted by Gasteiger charge is 2.15. The summed E-state index contributed by atoms with van der Waals surface area (Å²) in [4.78, 5) is 16.7. The Hall–Kier alpha value is -2.84. The van der Waals surface area contributed by atoms with Crippen LogP contribution in [-0.4, -0.2) is 37.3 Å². The first-order valence-electron chi connectivity index (χ1n) is 9.03. The number of carbonyl (C=O) groups excluding carboxylic acids is 1. The Morgan fingerprint density at radius 3 is 2.96 bits per heavy atom. The van der Waals surface area contributed by atoms with Crippen LogP contribution in [0.5, 0.6) is 11.5 Å². The lowest BCUT2D eigenvalue weighted by Crippen LogP contribution is -2.25. The molecule has 146 valence electrons. The zero-order valence-corrected chi connectivity index (χ0v) is 16.0. The maximum absolute atomic E-state index is 12.3. The van der Waals surface area contributed by atoms with Gasteiger partial charge in [-0.3, -0.25) is 4.79 Å². The summed E-state index contributed by atoms with van der Waals surface area (Å²) in [6, 6.07) is 9.37. The standard InChI is InChI=1S/C20H20N2O5S/c23-19(21-6-2-7-24-12-15-3-1-8-25-15)16-13-28-20(22-16)14-4-5-17-18(11-14)27-10-9-26-17/h1,3-5,8,11,13H,2,6-7,9-10,12H2,(H,21,23). The molecule has 1 aromatic carbocycles. The van der Waals surface area contributed by atoms with E-state index in [2.05, 4.69) is 10.3 Å². The normalized spacial score (nSPS) is 12.7. The van der Waals surface area contributed by atoms with E-state index in [1.807, 2.05) is 30.3 Å². The Bertz CT molecular complexity index is 923. The zero-order valence-electron chi connectivity index (χ0n) is 15.2. The first kappa shape index (κ1) is 18.5.